The van der Waals surface area contributed by atoms with Crippen molar-refractivity contribution < 1.29 is 14.6 Å². The van der Waals surface area contributed by atoms with Gasteiger partial charge >= 0.3 is 5.97 Å². The lowest BCUT2D eigenvalue weighted by Gasteiger charge is -2.39. The van der Waals surface area contributed by atoms with Crippen molar-refractivity contribution in [2.75, 3.05) is 12.5 Å². The number of thioether (sulfide) groups is 2. The number of pyridine rings is 1. The predicted octanol–water partition coefficient (Wildman–Crippen LogP) is 4.25. The first kappa shape index (κ1) is 18.7. The number of hydrogen-bond acceptors (Lipinski definition) is 5. The molecule has 0 amide bonds. The summed E-state index contributed by atoms with van der Waals surface area (Å²) in [6.07, 6.45) is 7.08. The van der Waals surface area contributed by atoms with Crippen LogP contribution in [0.3, 0.4) is 0 Å². The Morgan fingerprint density at radius 1 is 1.31 bits per heavy atom. The van der Waals surface area contributed by atoms with E-state index in [9.17, 15) is 4.79 Å². The van der Waals surface area contributed by atoms with Crippen LogP contribution in [0.2, 0.25) is 0 Å². The molecule has 3 rings (SSSR count). The lowest BCUT2D eigenvalue weighted by atomic mass is 9.99. The summed E-state index contributed by atoms with van der Waals surface area (Å²) in [5.74, 6) is 6.07. The van der Waals surface area contributed by atoms with Crippen LogP contribution in [0, 0.1) is 11.8 Å². The van der Waals surface area contributed by atoms with E-state index in [0.717, 1.165) is 12.2 Å². The van der Waals surface area contributed by atoms with Gasteiger partial charge in [-0.05, 0) is 36.6 Å². The Labute approximate surface area is 161 Å². The third-order valence-corrected chi connectivity index (χ3v) is 7.40. The maximum absolute atomic E-state index is 10.9. The van der Waals surface area contributed by atoms with E-state index in [2.05, 4.69) is 41.5 Å². The van der Waals surface area contributed by atoms with Gasteiger partial charge in [0.2, 0.25) is 0 Å². The average molecular weight is 386 g/mol. The molecule has 1 N–H and O–H groups in total. The number of para-hydroxylation sites is 1. The summed E-state index contributed by atoms with van der Waals surface area (Å²) in [6.45, 7) is 0. The Morgan fingerprint density at radius 3 is 2.73 bits per heavy atom. The molecular formula is C20H19NO3S2. The standard InChI is InChI=1S/C20H19NO3S2/c1-25-20(26-2)12-16(24-18-9-4-3-8-17(18)20)7-5-6-15-11-10-14(13-21-15)19(22)23/h3-4,8-11,13,16H,7,12H2,1-2H3,(H,22,23). The average Bonchev–Trinajstić information content (AvgIpc) is 2.67. The van der Waals surface area contributed by atoms with Crippen LogP contribution in [0.25, 0.3) is 0 Å². The zero-order chi connectivity index (χ0) is 18.6. The molecule has 2 aromatic rings. The SMILES string of the molecule is CSC1(SC)CC(CC#Cc2ccc(C(=O)O)cn2)Oc2ccccc21. The van der Waals surface area contributed by atoms with Crippen LogP contribution in [-0.2, 0) is 4.08 Å². The minimum Gasteiger partial charge on any atom is -0.489 e. The fraction of sp³-hybridized carbons (Fsp3) is 0.300. The highest BCUT2D eigenvalue weighted by molar-refractivity contribution is 8.16. The van der Waals surface area contributed by atoms with Gasteiger partial charge in [-0.2, -0.15) is 0 Å². The Hall–Kier alpha value is -2.10. The normalized spacial score (nSPS) is 17.4. The van der Waals surface area contributed by atoms with Gasteiger partial charge in [-0.1, -0.05) is 24.1 Å². The topological polar surface area (TPSA) is 59.4 Å². The van der Waals surface area contributed by atoms with Crippen LogP contribution in [0.1, 0.15) is 34.5 Å². The van der Waals surface area contributed by atoms with Crippen molar-refractivity contribution >= 4 is 29.5 Å². The van der Waals surface area contributed by atoms with Crippen LogP contribution in [0.15, 0.2) is 42.6 Å². The summed E-state index contributed by atoms with van der Waals surface area (Å²) in [6, 6.07) is 11.3. The van der Waals surface area contributed by atoms with Crippen LogP contribution in [0.4, 0.5) is 0 Å². The number of aromatic nitrogens is 1. The lowest BCUT2D eigenvalue weighted by molar-refractivity contribution is 0.0696. The highest BCUT2D eigenvalue weighted by atomic mass is 32.2. The van der Waals surface area contributed by atoms with Crippen molar-refractivity contribution in [2.45, 2.75) is 23.0 Å². The minimum absolute atomic E-state index is 0.00981. The molecule has 2 heterocycles. The Morgan fingerprint density at radius 2 is 2.08 bits per heavy atom. The Bertz CT molecular complexity index is 851. The number of rotatable bonds is 4. The summed E-state index contributed by atoms with van der Waals surface area (Å²) in [7, 11) is 0. The smallest absolute Gasteiger partial charge is 0.337 e. The predicted molar refractivity (Wildman–Crippen MR) is 107 cm³/mol. The van der Waals surface area contributed by atoms with E-state index in [1.165, 1.54) is 17.8 Å². The molecule has 1 aromatic carbocycles. The molecule has 4 nitrogen and oxygen atoms in total. The minimum atomic E-state index is -0.989. The molecule has 0 bridgehead atoms. The van der Waals surface area contributed by atoms with Gasteiger partial charge in [0.25, 0.3) is 0 Å². The van der Waals surface area contributed by atoms with E-state index in [0.29, 0.717) is 12.1 Å². The van der Waals surface area contributed by atoms with Crippen molar-refractivity contribution in [2.24, 2.45) is 0 Å². The molecule has 0 saturated heterocycles. The van der Waals surface area contributed by atoms with Crippen molar-refractivity contribution in [1.82, 2.24) is 4.98 Å². The molecule has 0 fully saturated rings. The van der Waals surface area contributed by atoms with Gasteiger partial charge in [-0.3, -0.25) is 0 Å². The summed E-state index contributed by atoms with van der Waals surface area (Å²) < 4.78 is 6.13. The van der Waals surface area contributed by atoms with Crippen molar-refractivity contribution in [3.8, 4) is 17.6 Å². The van der Waals surface area contributed by atoms with E-state index in [1.54, 1.807) is 6.07 Å². The number of carboxylic acids is 1. The molecule has 0 radical (unpaired) electrons. The number of aromatic carboxylic acids is 1. The highest BCUT2D eigenvalue weighted by Crippen LogP contribution is 2.54. The van der Waals surface area contributed by atoms with Gasteiger partial charge in [-0.25, -0.2) is 9.78 Å². The molecule has 0 spiro atoms. The zero-order valence-corrected chi connectivity index (χ0v) is 16.2. The maximum atomic E-state index is 10.9. The number of fused-ring (bicyclic) bond motifs is 1. The van der Waals surface area contributed by atoms with Crippen LogP contribution in [0.5, 0.6) is 5.75 Å². The quantitative estimate of drug-likeness (QED) is 0.627. The molecule has 1 aliphatic rings. The van der Waals surface area contributed by atoms with Crippen LogP contribution >= 0.6 is 23.5 Å². The molecule has 1 unspecified atom stereocenters. The summed E-state index contributed by atoms with van der Waals surface area (Å²) in [5.41, 5.74) is 1.95. The van der Waals surface area contributed by atoms with E-state index in [4.69, 9.17) is 9.84 Å². The number of benzene rings is 1. The monoisotopic (exact) mass is 385 g/mol. The fourth-order valence-electron chi connectivity index (χ4n) is 2.95. The van der Waals surface area contributed by atoms with Gasteiger partial charge in [0, 0.05) is 24.6 Å². The van der Waals surface area contributed by atoms with E-state index in [1.807, 2.05) is 35.7 Å². The summed E-state index contributed by atoms with van der Waals surface area (Å²) in [4.78, 5) is 14.9. The van der Waals surface area contributed by atoms with Gasteiger partial charge in [-0.15, -0.1) is 23.5 Å². The summed E-state index contributed by atoms with van der Waals surface area (Å²) >= 11 is 3.68. The van der Waals surface area contributed by atoms with Gasteiger partial charge in [0.15, 0.2) is 0 Å². The third kappa shape index (κ3) is 3.84. The lowest BCUT2D eigenvalue weighted by Crippen LogP contribution is -2.33. The van der Waals surface area contributed by atoms with Crippen molar-refractivity contribution in [3.63, 3.8) is 0 Å². The van der Waals surface area contributed by atoms with E-state index >= 15 is 0 Å². The largest absolute Gasteiger partial charge is 0.489 e. The molecule has 134 valence electrons. The fourth-order valence-corrected chi connectivity index (χ4v) is 5.10. The van der Waals surface area contributed by atoms with Gasteiger partial charge in [0.05, 0.1) is 9.64 Å². The molecular weight excluding hydrogens is 366 g/mol. The molecule has 1 aliphatic heterocycles. The Kier molecular flexibility index (Phi) is 5.80. The van der Waals surface area contributed by atoms with E-state index in [-0.39, 0.29) is 15.7 Å². The second-order valence-electron chi connectivity index (χ2n) is 5.84. The number of hydrogen-bond donors (Lipinski definition) is 1. The second-order valence-corrected chi connectivity index (χ2v) is 8.31. The van der Waals surface area contributed by atoms with Crippen molar-refractivity contribution in [1.29, 1.82) is 0 Å². The third-order valence-electron chi connectivity index (χ3n) is 4.30. The van der Waals surface area contributed by atoms with Crippen molar-refractivity contribution in [3.05, 3.63) is 59.4 Å². The van der Waals surface area contributed by atoms with Gasteiger partial charge in [0.1, 0.15) is 17.5 Å². The second kappa shape index (κ2) is 8.07. The highest BCUT2D eigenvalue weighted by Gasteiger charge is 2.40. The molecule has 1 atom stereocenters. The van der Waals surface area contributed by atoms with Crippen LogP contribution < -0.4 is 4.74 Å². The first-order valence-corrected chi connectivity index (χ1v) is 10.6. The summed E-state index contributed by atoms with van der Waals surface area (Å²) in [5, 5.41) is 8.90. The molecule has 26 heavy (non-hydrogen) atoms. The number of ether oxygens (including phenoxy) is 1. The number of nitrogens with zero attached hydrogens (tertiary/aromatic N) is 1. The maximum Gasteiger partial charge on any atom is 0.337 e. The van der Waals surface area contributed by atoms with E-state index < -0.39 is 5.97 Å². The first-order valence-electron chi connectivity index (χ1n) is 8.12. The molecule has 1 aromatic heterocycles. The zero-order valence-electron chi connectivity index (χ0n) is 14.6. The van der Waals surface area contributed by atoms with Crippen LogP contribution in [-0.4, -0.2) is 34.7 Å². The molecule has 6 heteroatoms. The molecule has 0 aliphatic carbocycles. The molecule has 0 saturated carbocycles. The van der Waals surface area contributed by atoms with Gasteiger partial charge < -0.3 is 9.84 Å². The first-order chi connectivity index (χ1) is 12.6. The number of carboxylic acid groups (broad SMARTS) is 1. The number of carbonyl (C=O) groups is 1. The Balaban J connectivity index is 1.75.